The molecule has 0 amide bonds. The van der Waals surface area contributed by atoms with Gasteiger partial charge >= 0.3 is 12.1 Å². The van der Waals surface area contributed by atoms with Crippen molar-refractivity contribution >= 4 is 45.4 Å². The number of rotatable bonds is 10. The molecule has 1 aromatic carbocycles. The van der Waals surface area contributed by atoms with Crippen LogP contribution in [0.3, 0.4) is 0 Å². The van der Waals surface area contributed by atoms with E-state index in [0.29, 0.717) is 12.8 Å². The smallest absolute Gasteiger partial charge is 0.426 e. The number of Topliss-reactive ketones (excluding diaryl/α,β-unsaturated/α-hetero) is 1. The van der Waals surface area contributed by atoms with Crippen LogP contribution in [0.5, 0.6) is 0 Å². The van der Waals surface area contributed by atoms with Crippen molar-refractivity contribution in [3.63, 3.8) is 0 Å². The number of hydrogen-bond acceptors (Lipinski definition) is 5. The van der Waals surface area contributed by atoms with Crippen LogP contribution in [0.2, 0.25) is 0 Å². The van der Waals surface area contributed by atoms with Gasteiger partial charge in [0.1, 0.15) is 11.5 Å². The molecular formula is C25H28B3F3O6S. The molecule has 1 aromatic rings. The molecule has 3 unspecified atom stereocenters. The lowest BCUT2D eigenvalue weighted by Crippen LogP contribution is -2.59. The monoisotopic (exact) mass is 546 g/mol. The van der Waals surface area contributed by atoms with Crippen LogP contribution in [-0.4, -0.2) is 66.3 Å². The third kappa shape index (κ3) is 5.74. The number of ketones is 1. The Morgan fingerprint density at radius 3 is 1.97 bits per heavy atom. The topological polar surface area (TPSA) is 97.7 Å². The summed E-state index contributed by atoms with van der Waals surface area (Å²) >= 11 is 0. The lowest BCUT2D eigenvalue weighted by Gasteiger charge is -2.60. The van der Waals surface area contributed by atoms with Crippen molar-refractivity contribution in [3.8, 4) is 0 Å². The molecule has 5 rings (SSSR count). The number of esters is 1. The van der Waals surface area contributed by atoms with E-state index in [9.17, 15) is 31.2 Å². The van der Waals surface area contributed by atoms with E-state index in [1.807, 2.05) is 12.1 Å². The molecule has 6 nitrogen and oxygen atoms in total. The van der Waals surface area contributed by atoms with Crippen molar-refractivity contribution in [1.29, 1.82) is 0 Å². The quantitative estimate of drug-likeness (QED) is 0.276. The van der Waals surface area contributed by atoms with Crippen LogP contribution < -0.4 is 0 Å². The third-order valence-electron chi connectivity index (χ3n) is 8.57. The second-order valence-electron chi connectivity index (χ2n) is 11.3. The van der Waals surface area contributed by atoms with Gasteiger partial charge in [-0.15, -0.1) is 0 Å². The van der Waals surface area contributed by atoms with Crippen LogP contribution in [0.15, 0.2) is 12.1 Å². The normalized spacial score (nSPS) is 29.3. The van der Waals surface area contributed by atoms with Crippen LogP contribution in [-0.2, 0) is 49.8 Å². The summed E-state index contributed by atoms with van der Waals surface area (Å²) in [6, 6.07) is 3.68. The minimum atomic E-state index is -5.19. The van der Waals surface area contributed by atoms with Crippen LogP contribution in [0.1, 0.15) is 60.8 Å². The van der Waals surface area contributed by atoms with E-state index in [0.717, 1.165) is 28.7 Å². The fourth-order valence-electron chi connectivity index (χ4n) is 7.40. The highest BCUT2D eigenvalue weighted by Gasteiger charge is 2.64. The van der Waals surface area contributed by atoms with E-state index in [-0.39, 0.29) is 62.3 Å². The van der Waals surface area contributed by atoms with E-state index >= 15 is 0 Å². The van der Waals surface area contributed by atoms with Gasteiger partial charge in [0.25, 0.3) is 10.1 Å². The number of hydrogen-bond donors (Lipinski definition) is 1. The highest BCUT2D eigenvalue weighted by Crippen LogP contribution is 2.66. The van der Waals surface area contributed by atoms with E-state index in [2.05, 4.69) is 0 Å². The van der Waals surface area contributed by atoms with Crippen molar-refractivity contribution < 1.29 is 40.5 Å². The highest BCUT2D eigenvalue weighted by atomic mass is 32.2. The summed E-state index contributed by atoms with van der Waals surface area (Å²) < 4.78 is 76.6. The summed E-state index contributed by atoms with van der Waals surface area (Å²) in [4.78, 5) is 27.2. The maximum atomic E-state index is 13.9. The lowest BCUT2D eigenvalue weighted by atomic mass is 9.43. The van der Waals surface area contributed by atoms with Crippen LogP contribution in [0.4, 0.5) is 13.2 Å². The zero-order valence-electron chi connectivity index (χ0n) is 20.9. The number of benzene rings is 1. The number of halogens is 3. The second kappa shape index (κ2) is 10.3. The first-order valence-corrected chi connectivity index (χ1v) is 14.2. The predicted octanol–water partition coefficient (Wildman–Crippen LogP) is 2.75. The molecule has 4 bridgehead atoms. The van der Waals surface area contributed by atoms with Gasteiger partial charge in [-0.2, -0.15) is 21.6 Å². The van der Waals surface area contributed by atoms with Crippen molar-refractivity contribution in [2.45, 2.75) is 76.2 Å². The molecule has 38 heavy (non-hydrogen) atoms. The standard InChI is InChI=1S/C25H28B3F3O6S/c26-9-14-2-17(10-27)19(18(3-14)11-28)4-20(32)23-5-15-1-16(6-23)8-24(7-15,13-23)22(33)37-21(25(29,30)31)12-38(34,35)36/h2-3,15-16,21H,1,4-13H2,(H,34,35,36). The molecule has 4 aliphatic carbocycles. The van der Waals surface area contributed by atoms with Crippen molar-refractivity contribution in [1.82, 2.24) is 0 Å². The van der Waals surface area contributed by atoms with Crippen LogP contribution >= 0.6 is 0 Å². The van der Waals surface area contributed by atoms with Gasteiger partial charge in [-0.3, -0.25) is 14.1 Å². The summed E-state index contributed by atoms with van der Waals surface area (Å²) in [6.45, 7) is 0. The third-order valence-corrected chi connectivity index (χ3v) is 9.29. The van der Waals surface area contributed by atoms with Crippen LogP contribution in [0.25, 0.3) is 0 Å². The molecule has 0 saturated heterocycles. The minimum absolute atomic E-state index is 0.0302. The Morgan fingerprint density at radius 1 is 1.00 bits per heavy atom. The summed E-state index contributed by atoms with van der Waals surface area (Å²) in [5.74, 6) is -3.13. The molecule has 1 N–H and O–H groups in total. The molecule has 4 fully saturated rings. The largest absolute Gasteiger partial charge is 0.451 e. The Labute approximate surface area is 224 Å². The maximum absolute atomic E-state index is 13.9. The fraction of sp³-hybridized carbons (Fsp3) is 0.680. The van der Waals surface area contributed by atoms with E-state index in [1.165, 1.54) is 0 Å². The first kappa shape index (κ1) is 29.2. The molecule has 13 heteroatoms. The van der Waals surface area contributed by atoms with E-state index in [4.69, 9.17) is 32.8 Å². The summed E-state index contributed by atoms with van der Waals surface area (Å²) in [5, 5.41) is 0. The van der Waals surface area contributed by atoms with Gasteiger partial charge in [-0.25, -0.2) is 0 Å². The molecule has 200 valence electrons. The molecule has 0 spiro atoms. The van der Waals surface area contributed by atoms with Crippen molar-refractivity contribution in [2.75, 3.05) is 5.75 Å². The van der Waals surface area contributed by atoms with Crippen molar-refractivity contribution in [2.24, 2.45) is 22.7 Å². The van der Waals surface area contributed by atoms with Gasteiger partial charge in [0.2, 0.25) is 6.10 Å². The molecule has 4 aliphatic rings. The molecular weight excluding hydrogens is 518 g/mol. The number of alkyl halides is 3. The summed E-state index contributed by atoms with van der Waals surface area (Å²) in [6.07, 6.45) is -5.10. The number of carbonyl (C=O) groups excluding carboxylic acids is 2. The zero-order chi connectivity index (χ0) is 28.1. The van der Waals surface area contributed by atoms with Crippen molar-refractivity contribution in [3.05, 3.63) is 34.4 Å². The molecule has 3 atom stereocenters. The SMILES string of the molecule is [B]Cc1cc(C[B])c(CC(=O)C23CC4CC(C2)CC(C(=O)OC(CS(=O)(=O)O)C(F)(F)F)(C4)C3)c(C[B])c1. The second-order valence-corrected chi connectivity index (χ2v) is 12.8. The Bertz CT molecular complexity index is 1180. The molecule has 6 radical (unpaired) electrons. The molecule has 0 heterocycles. The first-order valence-electron chi connectivity index (χ1n) is 12.6. The molecule has 4 saturated carbocycles. The summed E-state index contributed by atoms with van der Waals surface area (Å²) in [5.41, 5.74) is 0.818. The van der Waals surface area contributed by atoms with Gasteiger partial charge in [0, 0.05) is 11.8 Å². The Morgan fingerprint density at radius 2 is 1.53 bits per heavy atom. The minimum Gasteiger partial charge on any atom is -0.451 e. The van der Waals surface area contributed by atoms with Gasteiger partial charge < -0.3 is 4.74 Å². The van der Waals surface area contributed by atoms with Crippen LogP contribution in [0, 0.1) is 22.7 Å². The average Bonchev–Trinajstić information content (AvgIpc) is 2.81. The zero-order valence-corrected chi connectivity index (χ0v) is 21.7. The number of carbonyl (C=O) groups is 2. The van der Waals surface area contributed by atoms with E-state index in [1.54, 1.807) is 0 Å². The molecule has 0 aliphatic heterocycles. The van der Waals surface area contributed by atoms with Gasteiger partial charge in [-0.05, 0) is 55.9 Å². The molecule has 0 aromatic heterocycles. The Kier molecular flexibility index (Phi) is 7.96. The first-order chi connectivity index (χ1) is 17.6. The van der Waals surface area contributed by atoms with Gasteiger partial charge in [-0.1, -0.05) is 47.8 Å². The highest BCUT2D eigenvalue weighted by molar-refractivity contribution is 7.85. The Balaban J connectivity index is 1.62. The van der Waals surface area contributed by atoms with E-state index < -0.39 is 45.0 Å². The lowest BCUT2D eigenvalue weighted by molar-refractivity contribution is -0.229. The Hall–Kier alpha value is -1.75. The van der Waals surface area contributed by atoms with Gasteiger partial charge in [0.05, 0.1) is 29.0 Å². The average molecular weight is 546 g/mol. The summed E-state index contributed by atoms with van der Waals surface area (Å²) in [7, 11) is 12.6. The number of ether oxygens (including phenoxy) is 1. The maximum Gasteiger partial charge on any atom is 0.426 e. The fourth-order valence-corrected chi connectivity index (χ4v) is 8.03. The predicted molar refractivity (Wildman–Crippen MR) is 135 cm³/mol. The van der Waals surface area contributed by atoms with Gasteiger partial charge in [0.15, 0.2) is 0 Å².